The second-order valence-corrected chi connectivity index (χ2v) is 5.37. The van der Waals surface area contributed by atoms with E-state index in [2.05, 4.69) is 5.32 Å². The van der Waals surface area contributed by atoms with E-state index in [1.807, 2.05) is 6.07 Å². The minimum Gasteiger partial charge on any atom is -0.310 e. The van der Waals surface area contributed by atoms with E-state index < -0.39 is 0 Å². The van der Waals surface area contributed by atoms with Crippen LogP contribution < -0.4 is 5.32 Å². The van der Waals surface area contributed by atoms with Crippen LogP contribution in [0.3, 0.4) is 0 Å². The highest BCUT2D eigenvalue weighted by molar-refractivity contribution is 5.70. The Kier molecular flexibility index (Phi) is 3.53. The second kappa shape index (κ2) is 5.33. The SMILES string of the molecule is Cc1c(F)cccc1-c1cc(F)ccc1CNC1CC1. The van der Waals surface area contributed by atoms with Crippen LogP contribution in [0.5, 0.6) is 0 Å². The molecule has 1 aliphatic carbocycles. The summed E-state index contributed by atoms with van der Waals surface area (Å²) in [5.74, 6) is -0.549. The predicted octanol–water partition coefficient (Wildman–Crippen LogP) is 4.19. The van der Waals surface area contributed by atoms with Crippen LogP contribution >= 0.6 is 0 Å². The minimum absolute atomic E-state index is 0.257. The van der Waals surface area contributed by atoms with Gasteiger partial charge in [0.1, 0.15) is 11.6 Å². The van der Waals surface area contributed by atoms with Crippen LogP contribution in [0.15, 0.2) is 36.4 Å². The third-order valence-corrected chi connectivity index (χ3v) is 3.79. The van der Waals surface area contributed by atoms with Crippen molar-refractivity contribution in [1.29, 1.82) is 0 Å². The lowest BCUT2D eigenvalue weighted by Gasteiger charge is -2.13. The van der Waals surface area contributed by atoms with Gasteiger partial charge >= 0.3 is 0 Å². The lowest BCUT2D eigenvalue weighted by molar-refractivity contribution is 0.618. The van der Waals surface area contributed by atoms with Gasteiger partial charge in [0.2, 0.25) is 0 Å². The van der Waals surface area contributed by atoms with E-state index in [4.69, 9.17) is 0 Å². The monoisotopic (exact) mass is 273 g/mol. The molecule has 0 atom stereocenters. The lowest BCUT2D eigenvalue weighted by Crippen LogP contribution is -2.16. The molecule has 0 bridgehead atoms. The summed E-state index contributed by atoms with van der Waals surface area (Å²) in [5, 5.41) is 3.42. The Hall–Kier alpha value is -1.74. The molecule has 0 unspecified atom stereocenters. The molecular formula is C17H17F2N. The highest BCUT2D eigenvalue weighted by Crippen LogP contribution is 2.30. The van der Waals surface area contributed by atoms with Crippen LogP contribution in [0.4, 0.5) is 8.78 Å². The van der Waals surface area contributed by atoms with Crippen LogP contribution in [0.25, 0.3) is 11.1 Å². The van der Waals surface area contributed by atoms with Crippen molar-refractivity contribution in [3.8, 4) is 11.1 Å². The highest BCUT2D eigenvalue weighted by Gasteiger charge is 2.21. The Bertz CT molecular complexity index is 633. The maximum atomic E-state index is 13.7. The zero-order valence-corrected chi connectivity index (χ0v) is 11.4. The minimum atomic E-state index is -0.293. The lowest BCUT2D eigenvalue weighted by atomic mass is 9.95. The van der Waals surface area contributed by atoms with Gasteiger partial charge in [-0.1, -0.05) is 18.2 Å². The molecule has 0 saturated heterocycles. The van der Waals surface area contributed by atoms with E-state index in [0.29, 0.717) is 18.2 Å². The molecule has 2 aromatic rings. The first kappa shape index (κ1) is 13.3. The number of hydrogen-bond donors (Lipinski definition) is 1. The van der Waals surface area contributed by atoms with Gasteiger partial charge in [0.05, 0.1) is 0 Å². The van der Waals surface area contributed by atoms with Crippen molar-refractivity contribution < 1.29 is 8.78 Å². The predicted molar refractivity (Wildman–Crippen MR) is 76.4 cm³/mol. The number of hydrogen-bond acceptors (Lipinski definition) is 1. The summed E-state index contributed by atoms with van der Waals surface area (Å²) in [6, 6.07) is 10.3. The highest BCUT2D eigenvalue weighted by atomic mass is 19.1. The molecule has 2 aromatic carbocycles. The summed E-state index contributed by atoms with van der Waals surface area (Å²) >= 11 is 0. The standard InChI is InChI=1S/C17H17F2N/c1-11-15(3-2-4-17(11)19)16-9-13(18)6-5-12(16)10-20-14-7-8-14/h2-6,9,14,20H,7-8,10H2,1H3. The number of rotatable bonds is 4. The Morgan fingerprint density at radius 3 is 2.65 bits per heavy atom. The van der Waals surface area contributed by atoms with E-state index >= 15 is 0 Å². The van der Waals surface area contributed by atoms with Gasteiger partial charge in [-0.05, 0) is 60.2 Å². The van der Waals surface area contributed by atoms with Gasteiger partial charge in [0.15, 0.2) is 0 Å². The summed E-state index contributed by atoms with van der Waals surface area (Å²) < 4.78 is 27.3. The van der Waals surface area contributed by atoms with Crippen molar-refractivity contribution in [1.82, 2.24) is 5.32 Å². The van der Waals surface area contributed by atoms with E-state index in [9.17, 15) is 8.78 Å². The third kappa shape index (κ3) is 2.73. The fourth-order valence-corrected chi connectivity index (χ4v) is 2.39. The largest absolute Gasteiger partial charge is 0.310 e. The van der Waals surface area contributed by atoms with Crippen LogP contribution in [0.1, 0.15) is 24.0 Å². The summed E-state index contributed by atoms with van der Waals surface area (Å²) in [5.41, 5.74) is 3.10. The maximum absolute atomic E-state index is 13.7. The van der Waals surface area contributed by atoms with Crippen LogP contribution in [-0.2, 0) is 6.54 Å². The van der Waals surface area contributed by atoms with Gasteiger partial charge in [-0.2, -0.15) is 0 Å². The molecule has 0 amide bonds. The molecule has 0 aromatic heterocycles. The van der Waals surface area contributed by atoms with E-state index in [1.165, 1.54) is 31.0 Å². The van der Waals surface area contributed by atoms with Crippen LogP contribution in [-0.4, -0.2) is 6.04 Å². The third-order valence-electron chi connectivity index (χ3n) is 3.79. The van der Waals surface area contributed by atoms with Gasteiger partial charge in [0, 0.05) is 12.6 Å². The summed E-state index contributed by atoms with van der Waals surface area (Å²) in [6.07, 6.45) is 2.41. The summed E-state index contributed by atoms with van der Waals surface area (Å²) in [4.78, 5) is 0. The Morgan fingerprint density at radius 1 is 1.10 bits per heavy atom. The molecule has 3 rings (SSSR count). The molecule has 0 spiro atoms. The molecule has 0 radical (unpaired) electrons. The summed E-state index contributed by atoms with van der Waals surface area (Å²) in [7, 11) is 0. The first-order chi connectivity index (χ1) is 9.65. The zero-order chi connectivity index (χ0) is 14.1. The maximum Gasteiger partial charge on any atom is 0.126 e. The van der Waals surface area contributed by atoms with E-state index in [-0.39, 0.29) is 11.6 Å². The fourth-order valence-electron chi connectivity index (χ4n) is 2.39. The van der Waals surface area contributed by atoms with Crippen LogP contribution in [0, 0.1) is 18.6 Å². The quantitative estimate of drug-likeness (QED) is 0.880. The average Bonchev–Trinajstić information content (AvgIpc) is 3.25. The van der Waals surface area contributed by atoms with Gasteiger partial charge in [-0.25, -0.2) is 8.78 Å². The van der Waals surface area contributed by atoms with Crippen molar-refractivity contribution in [3.63, 3.8) is 0 Å². The number of nitrogens with one attached hydrogen (secondary N) is 1. The molecule has 1 aliphatic rings. The first-order valence-corrected chi connectivity index (χ1v) is 6.92. The molecule has 0 aliphatic heterocycles. The molecule has 20 heavy (non-hydrogen) atoms. The average molecular weight is 273 g/mol. The molecule has 1 saturated carbocycles. The van der Waals surface area contributed by atoms with Crippen molar-refractivity contribution in [2.75, 3.05) is 0 Å². The fraction of sp³-hybridized carbons (Fsp3) is 0.294. The molecule has 1 nitrogen and oxygen atoms in total. The Balaban J connectivity index is 2.01. The molecule has 1 N–H and O–H groups in total. The first-order valence-electron chi connectivity index (χ1n) is 6.92. The van der Waals surface area contributed by atoms with E-state index in [0.717, 1.165) is 16.7 Å². The zero-order valence-electron chi connectivity index (χ0n) is 11.4. The Labute approximate surface area is 117 Å². The smallest absolute Gasteiger partial charge is 0.126 e. The molecular weight excluding hydrogens is 256 g/mol. The Morgan fingerprint density at radius 2 is 1.90 bits per heavy atom. The summed E-state index contributed by atoms with van der Waals surface area (Å²) in [6.45, 7) is 2.42. The second-order valence-electron chi connectivity index (χ2n) is 5.37. The van der Waals surface area contributed by atoms with Crippen molar-refractivity contribution in [2.24, 2.45) is 0 Å². The van der Waals surface area contributed by atoms with Gasteiger partial charge in [-0.15, -0.1) is 0 Å². The normalized spacial score (nSPS) is 14.6. The number of benzene rings is 2. The van der Waals surface area contributed by atoms with Gasteiger partial charge in [0.25, 0.3) is 0 Å². The van der Waals surface area contributed by atoms with E-state index in [1.54, 1.807) is 19.1 Å². The molecule has 3 heteroatoms. The van der Waals surface area contributed by atoms with Crippen molar-refractivity contribution in [3.05, 3.63) is 59.2 Å². The topological polar surface area (TPSA) is 12.0 Å². The number of halogens is 2. The van der Waals surface area contributed by atoms with Gasteiger partial charge < -0.3 is 5.32 Å². The van der Waals surface area contributed by atoms with Gasteiger partial charge in [-0.3, -0.25) is 0 Å². The van der Waals surface area contributed by atoms with Crippen molar-refractivity contribution >= 4 is 0 Å². The molecule has 0 heterocycles. The van der Waals surface area contributed by atoms with Crippen LogP contribution in [0.2, 0.25) is 0 Å². The van der Waals surface area contributed by atoms with Crippen molar-refractivity contribution in [2.45, 2.75) is 32.4 Å². The molecule has 104 valence electrons. The molecule has 1 fully saturated rings.